The minimum absolute atomic E-state index is 0.235. The number of carbonyl (C=O) groups excluding carboxylic acids is 1. The fourth-order valence-corrected chi connectivity index (χ4v) is 0.761. The maximum Gasteiger partial charge on any atom is 0.324 e. The molecule has 0 heterocycles. The average molecular weight is 229 g/mol. The Labute approximate surface area is 95.3 Å². The van der Waals surface area contributed by atoms with Crippen molar-refractivity contribution in [2.24, 2.45) is 11.1 Å². The van der Waals surface area contributed by atoms with Crippen LogP contribution >= 0.6 is 0 Å². The molecule has 0 fully saturated rings. The van der Waals surface area contributed by atoms with Gasteiger partial charge in [0, 0.05) is 0 Å². The lowest BCUT2D eigenvalue weighted by atomic mass is 9.97. The summed E-state index contributed by atoms with van der Waals surface area (Å²) in [4.78, 5) is 21.6. The van der Waals surface area contributed by atoms with E-state index in [0.717, 1.165) is 0 Å². The Bertz CT molecular complexity index is 278. The van der Waals surface area contributed by atoms with Gasteiger partial charge in [-0.15, -0.1) is 0 Å². The number of hydrogen-bond acceptors (Lipinski definition) is 4. The highest BCUT2D eigenvalue weighted by Gasteiger charge is 2.22. The summed E-state index contributed by atoms with van der Waals surface area (Å²) in [5.41, 5.74) is 4.72. The van der Waals surface area contributed by atoms with E-state index in [9.17, 15) is 9.59 Å². The molecule has 0 aromatic carbocycles. The molecule has 0 aliphatic carbocycles. The third-order valence-electron chi connectivity index (χ3n) is 1.76. The van der Waals surface area contributed by atoms with Crippen LogP contribution in [-0.4, -0.2) is 29.7 Å². The monoisotopic (exact) mass is 229 g/mol. The van der Waals surface area contributed by atoms with Gasteiger partial charge in [-0.25, -0.2) is 0 Å². The summed E-state index contributed by atoms with van der Waals surface area (Å²) >= 11 is 0. The molecule has 0 radical (unpaired) electrons. The fraction of sp³-hybridized carbons (Fsp3) is 0.636. The summed E-state index contributed by atoms with van der Waals surface area (Å²) in [7, 11) is 0. The summed E-state index contributed by atoms with van der Waals surface area (Å²) in [6.07, 6.45) is 3.42. The standard InChI is InChI=1S/C11H19NO4/c1-11(2,3)10(15)16-7-5-4-6-8(12)9(13)14/h4,6,8H,5,7,12H2,1-3H3,(H,13,14)/b6-4+. The predicted octanol–water partition coefficient (Wildman–Crippen LogP) is 0.934. The number of nitrogens with two attached hydrogens (primary N) is 1. The lowest BCUT2D eigenvalue weighted by Gasteiger charge is -2.15. The van der Waals surface area contributed by atoms with Gasteiger partial charge in [-0.2, -0.15) is 0 Å². The molecule has 0 aliphatic rings. The molecular formula is C11H19NO4. The van der Waals surface area contributed by atoms with Crippen LogP contribution in [-0.2, 0) is 14.3 Å². The van der Waals surface area contributed by atoms with Crippen molar-refractivity contribution in [1.82, 2.24) is 0 Å². The minimum Gasteiger partial charge on any atom is -0.480 e. The van der Waals surface area contributed by atoms with E-state index in [0.29, 0.717) is 6.42 Å². The number of carbonyl (C=O) groups is 2. The van der Waals surface area contributed by atoms with Gasteiger partial charge in [0.2, 0.25) is 0 Å². The van der Waals surface area contributed by atoms with Gasteiger partial charge in [-0.1, -0.05) is 12.2 Å². The molecule has 92 valence electrons. The van der Waals surface area contributed by atoms with E-state index >= 15 is 0 Å². The van der Waals surface area contributed by atoms with Crippen molar-refractivity contribution in [2.45, 2.75) is 33.2 Å². The third-order valence-corrected chi connectivity index (χ3v) is 1.76. The van der Waals surface area contributed by atoms with Crippen LogP contribution in [0.15, 0.2) is 12.2 Å². The number of rotatable bonds is 5. The molecular weight excluding hydrogens is 210 g/mol. The second-order valence-corrected chi connectivity index (χ2v) is 4.47. The normalized spacial score (nSPS) is 13.8. The number of carboxylic acids is 1. The molecule has 0 saturated heterocycles. The fourth-order valence-electron chi connectivity index (χ4n) is 0.761. The van der Waals surface area contributed by atoms with Gasteiger partial charge in [-0.3, -0.25) is 9.59 Å². The summed E-state index contributed by atoms with van der Waals surface area (Å²) in [6, 6.07) is -1.00. The Morgan fingerprint density at radius 3 is 2.44 bits per heavy atom. The molecule has 3 N–H and O–H groups in total. The van der Waals surface area contributed by atoms with Crippen molar-refractivity contribution in [1.29, 1.82) is 0 Å². The Hall–Kier alpha value is -1.36. The summed E-state index contributed by atoms with van der Waals surface area (Å²) < 4.78 is 4.97. The lowest BCUT2D eigenvalue weighted by Crippen LogP contribution is -2.27. The van der Waals surface area contributed by atoms with Crippen LogP contribution in [0.1, 0.15) is 27.2 Å². The summed E-state index contributed by atoms with van der Waals surface area (Å²) in [6.45, 7) is 5.54. The van der Waals surface area contributed by atoms with Gasteiger partial charge in [-0.05, 0) is 27.2 Å². The minimum atomic E-state index is -1.08. The number of aliphatic carboxylic acids is 1. The Morgan fingerprint density at radius 1 is 1.44 bits per heavy atom. The third kappa shape index (κ3) is 6.19. The zero-order valence-electron chi connectivity index (χ0n) is 9.90. The van der Waals surface area contributed by atoms with Gasteiger partial charge < -0.3 is 15.6 Å². The highest BCUT2D eigenvalue weighted by atomic mass is 16.5. The predicted molar refractivity (Wildman–Crippen MR) is 59.8 cm³/mol. The molecule has 0 rings (SSSR count). The van der Waals surface area contributed by atoms with Crippen molar-refractivity contribution < 1.29 is 19.4 Å². The van der Waals surface area contributed by atoms with E-state index < -0.39 is 17.4 Å². The zero-order chi connectivity index (χ0) is 12.8. The second kappa shape index (κ2) is 6.27. The molecule has 0 aromatic rings. The summed E-state index contributed by atoms with van der Waals surface area (Å²) in [5.74, 6) is -1.36. The van der Waals surface area contributed by atoms with Crippen molar-refractivity contribution in [3.8, 4) is 0 Å². The molecule has 1 unspecified atom stereocenters. The number of hydrogen-bond donors (Lipinski definition) is 2. The van der Waals surface area contributed by atoms with Crippen LogP contribution in [0.2, 0.25) is 0 Å². The van der Waals surface area contributed by atoms with Crippen LogP contribution in [0.5, 0.6) is 0 Å². The van der Waals surface area contributed by atoms with Crippen LogP contribution in [0.4, 0.5) is 0 Å². The maximum atomic E-state index is 11.3. The average Bonchev–Trinajstić information content (AvgIpc) is 2.14. The Balaban J connectivity index is 3.77. The largest absolute Gasteiger partial charge is 0.480 e. The van der Waals surface area contributed by atoms with Gasteiger partial charge in [0.1, 0.15) is 6.04 Å². The van der Waals surface area contributed by atoms with E-state index in [1.807, 2.05) is 0 Å². The van der Waals surface area contributed by atoms with Crippen molar-refractivity contribution in [3.63, 3.8) is 0 Å². The molecule has 0 aliphatic heterocycles. The van der Waals surface area contributed by atoms with Crippen molar-refractivity contribution >= 4 is 11.9 Å². The van der Waals surface area contributed by atoms with Crippen LogP contribution in [0, 0.1) is 5.41 Å². The van der Waals surface area contributed by atoms with Crippen LogP contribution in [0.3, 0.4) is 0 Å². The first kappa shape index (κ1) is 14.6. The van der Waals surface area contributed by atoms with Gasteiger partial charge in [0.15, 0.2) is 0 Å². The van der Waals surface area contributed by atoms with E-state index in [1.165, 1.54) is 6.08 Å². The first-order valence-corrected chi connectivity index (χ1v) is 5.07. The van der Waals surface area contributed by atoms with E-state index in [-0.39, 0.29) is 12.6 Å². The smallest absolute Gasteiger partial charge is 0.324 e. The van der Waals surface area contributed by atoms with E-state index in [4.69, 9.17) is 15.6 Å². The van der Waals surface area contributed by atoms with Gasteiger partial charge in [0.05, 0.1) is 12.0 Å². The molecule has 0 spiro atoms. The van der Waals surface area contributed by atoms with Crippen LogP contribution < -0.4 is 5.73 Å². The van der Waals surface area contributed by atoms with Crippen molar-refractivity contribution in [2.75, 3.05) is 6.61 Å². The molecule has 5 heteroatoms. The molecule has 0 bridgehead atoms. The molecule has 16 heavy (non-hydrogen) atoms. The molecule has 0 amide bonds. The SMILES string of the molecule is CC(C)(C)C(=O)OCC/C=C/C(N)C(=O)O. The number of carboxylic acid groups (broad SMARTS) is 1. The lowest BCUT2D eigenvalue weighted by molar-refractivity contribution is -0.152. The van der Waals surface area contributed by atoms with E-state index in [1.54, 1.807) is 26.8 Å². The maximum absolute atomic E-state index is 11.3. The van der Waals surface area contributed by atoms with Crippen molar-refractivity contribution in [3.05, 3.63) is 12.2 Å². The first-order valence-electron chi connectivity index (χ1n) is 5.07. The van der Waals surface area contributed by atoms with E-state index in [2.05, 4.69) is 0 Å². The quantitative estimate of drug-likeness (QED) is 0.416. The molecule has 1 atom stereocenters. The Morgan fingerprint density at radius 2 is 2.00 bits per heavy atom. The summed E-state index contributed by atoms with van der Waals surface area (Å²) in [5, 5.41) is 8.47. The topological polar surface area (TPSA) is 89.6 Å². The van der Waals surface area contributed by atoms with Gasteiger partial charge >= 0.3 is 11.9 Å². The highest BCUT2D eigenvalue weighted by molar-refractivity contribution is 5.75. The number of ether oxygens (including phenoxy) is 1. The first-order chi connectivity index (χ1) is 7.25. The second-order valence-electron chi connectivity index (χ2n) is 4.47. The molecule has 0 aromatic heterocycles. The zero-order valence-corrected chi connectivity index (χ0v) is 9.90. The number of esters is 1. The highest BCUT2D eigenvalue weighted by Crippen LogP contribution is 2.14. The molecule has 5 nitrogen and oxygen atoms in total. The Kier molecular flexibility index (Phi) is 5.74. The van der Waals surface area contributed by atoms with Gasteiger partial charge in [0.25, 0.3) is 0 Å². The van der Waals surface area contributed by atoms with Crippen LogP contribution in [0.25, 0.3) is 0 Å². The molecule has 0 saturated carbocycles.